The van der Waals surface area contributed by atoms with E-state index in [0.717, 1.165) is 15.6 Å². The van der Waals surface area contributed by atoms with Crippen LogP contribution in [0.15, 0.2) is 83.3 Å². The lowest BCUT2D eigenvalue weighted by molar-refractivity contribution is -0.142. The van der Waals surface area contributed by atoms with Gasteiger partial charge in [0.25, 0.3) is 0 Å². The Morgan fingerprint density at radius 1 is 0.970 bits per heavy atom. The fraction of sp³-hybridized carbons (Fsp3) is 0.231. The summed E-state index contributed by atoms with van der Waals surface area (Å²) in [4.78, 5) is 28.1. The highest BCUT2D eigenvalue weighted by atomic mass is 79.9. The van der Waals surface area contributed by atoms with Crippen LogP contribution in [0.1, 0.15) is 16.7 Å². The summed E-state index contributed by atoms with van der Waals surface area (Å²) >= 11 is 3.57. The average molecular weight is 524 g/mol. The molecule has 33 heavy (non-hydrogen) atoms. The average Bonchev–Trinajstić information content (AvgIpc) is 3.18. The van der Waals surface area contributed by atoms with Gasteiger partial charge in [-0.25, -0.2) is 9.59 Å². The number of nitrogens with zero attached hydrogens (tertiary/aromatic N) is 1. The van der Waals surface area contributed by atoms with Gasteiger partial charge in [-0.2, -0.15) is 0 Å². The molecule has 1 amide bonds. The van der Waals surface area contributed by atoms with Crippen LogP contribution >= 0.6 is 15.9 Å². The molecule has 0 radical (unpaired) electrons. The van der Waals surface area contributed by atoms with Gasteiger partial charge in [-0.05, 0) is 29.3 Å². The summed E-state index contributed by atoms with van der Waals surface area (Å²) in [5, 5.41) is 1.20. The standard InChI is InChI=1S/C26H26BrNO4Si/c1-31-25(29)23-24(33(2,3)20-12-8-5-9-13-20)21-16-19(27)14-15-22(21)28(23)26(30)32-17-18-10-6-4-7-11-18/h4-16,23-24H,17H2,1-3H3/t23-,24-/m1/s1. The summed E-state index contributed by atoms with van der Waals surface area (Å²) in [7, 11) is -0.944. The van der Waals surface area contributed by atoms with Gasteiger partial charge < -0.3 is 9.47 Å². The normalized spacial score (nSPS) is 17.4. The number of rotatable bonds is 5. The van der Waals surface area contributed by atoms with Crippen LogP contribution in [0.2, 0.25) is 13.1 Å². The molecule has 1 aliphatic rings. The van der Waals surface area contributed by atoms with Crippen LogP contribution in [-0.4, -0.2) is 33.3 Å². The Hall–Kier alpha value is -2.90. The molecular formula is C26H26BrNO4Si. The molecule has 3 aromatic rings. The fourth-order valence-corrected chi connectivity index (χ4v) is 8.53. The summed E-state index contributed by atoms with van der Waals surface area (Å²) in [6.07, 6.45) is -0.557. The van der Waals surface area contributed by atoms with Crippen LogP contribution < -0.4 is 10.1 Å². The predicted octanol–water partition coefficient (Wildman–Crippen LogP) is 5.39. The van der Waals surface area contributed by atoms with E-state index < -0.39 is 26.2 Å². The van der Waals surface area contributed by atoms with Crippen LogP contribution in [0.25, 0.3) is 0 Å². The number of halogens is 1. The van der Waals surface area contributed by atoms with Crippen molar-refractivity contribution in [1.29, 1.82) is 0 Å². The number of benzene rings is 3. The summed E-state index contributed by atoms with van der Waals surface area (Å²) in [5.74, 6) is -0.444. The molecule has 0 spiro atoms. The molecule has 0 bridgehead atoms. The Kier molecular flexibility index (Phi) is 6.72. The second kappa shape index (κ2) is 9.53. The number of esters is 1. The predicted molar refractivity (Wildman–Crippen MR) is 135 cm³/mol. The minimum atomic E-state index is -2.31. The number of hydrogen-bond acceptors (Lipinski definition) is 4. The lowest BCUT2D eigenvalue weighted by Crippen LogP contribution is -2.56. The van der Waals surface area contributed by atoms with Crippen molar-refractivity contribution in [2.24, 2.45) is 0 Å². The molecule has 1 aliphatic heterocycles. The number of anilines is 1. The number of fused-ring (bicyclic) bond motifs is 1. The van der Waals surface area contributed by atoms with Gasteiger partial charge in [0.15, 0.2) is 0 Å². The third-order valence-corrected chi connectivity index (χ3v) is 10.8. The minimum absolute atomic E-state index is 0.125. The first-order valence-corrected chi connectivity index (χ1v) is 14.6. The Morgan fingerprint density at radius 2 is 1.61 bits per heavy atom. The molecule has 5 nitrogen and oxygen atoms in total. The molecular weight excluding hydrogens is 498 g/mol. The molecule has 4 rings (SSSR count). The van der Waals surface area contributed by atoms with Gasteiger partial charge in [0.2, 0.25) is 0 Å². The monoisotopic (exact) mass is 523 g/mol. The van der Waals surface area contributed by atoms with Crippen LogP contribution in [0, 0.1) is 0 Å². The van der Waals surface area contributed by atoms with Gasteiger partial charge >= 0.3 is 12.1 Å². The van der Waals surface area contributed by atoms with E-state index in [-0.39, 0.29) is 12.1 Å². The maximum absolute atomic E-state index is 13.4. The van der Waals surface area contributed by atoms with Crippen molar-refractivity contribution in [3.05, 3.63) is 94.5 Å². The Bertz CT molecular complexity index is 1150. The molecule has 0 unspecified atom stereocenters. The number of ether oxygens (including phenoxy) is 2. The fourth-order valence-electron chi connectivity index (χ4n) is 4.66. The van der Waals surface area contributed by atoms with Crippen LogP contribution in [0.5, 0.6) is 0 Å². The molecule has 2 atom stereocenters. The molecule has 3 aromatic carbocycles. The molecule has 170 valence electrons. The van der Waals surface area contributed by atoms with E-state index in [1.807, 2.05) is 66.7 Å². The van der Waals surface area contributed by atoms with E-state index in [4.69, 9.17) is 9.47 Å². The van der Waals surface area contributed by atoms with E-state index in [1.165, 1.54) is 17.2 Å². The number of amides is 1. The highest BCUT2D eigenvalue weighted by molar-refractivity contribution is 9.10. The van der Waals surface area contributed by atoms with Gasteiger partial charge in [0.1, 0.15) is 12.6 Å². The zero-order chi connectivity index (χ0) is 23.6. The Morgan fingerprint density at radius 3 is 2.24 bits per heavy atom. The van der Waals surface area contributed by atoms with Crippen LogP contribution in [0.4, 0.5) is 10.5 Å². The number of methoxy groups -OCH3 is 1. The Labute approximate surface area is 203 Å². The van der Waals surface area contributed by atoms with Crippen molar-refractivity contribution in [3.8, 4) is 0 Å². The molecule has 0 saturated carbocycles. The maximum atomic E-state index is 13.4. The van der Waals surface area contributed by atoms with E-state index in [1.54, 1.807) is 0 Å². The molecule has 0 N–H and O–H groups in total. The second-order valence-electron chi connectivity index (χ2n) is 8.65. The first-order chi connectivity index (χ1) is 15.8. The van der Waals surface area contributed by atoms with E-state index in [9.17, 15) is 9.59 Å². The smallest absolute Gasteiger partial charge is 0.415 e. The van der Waals surface area contributed by atoms with Gasteiger partial charge in [-0.15, -0.1) is 0 Å². The van der Waals surface area contributed by atoms with E-state index in [0.29, 0.717) is 5.69 Å². The van der Waals surface area contributed by atoms with Gasteiger partial charge in [-0.3, -0.25) is 4.90 Å². The lowest BCUT2D eigenvalue weighted by Gasteiger charge is -2.35. The van der Waals surface area contributed by atoms with E-state index in [2.05, 4.69) is 41.2 Å². The van der Waals surface area contributed by atoms with Crippen molar-refractivity contribution >= 4 is 46.9 Å². The quantitative estimate of drug-likeness (QED) is 0.332. The summed E-state index contributed by atoms with van der Waals surface area (Å²) in [5.41, 5.74) is 2.32. The molecule has 0 fully saturated rings. The third kappa shape index (κ3) is 4.47. The number of carbonyl (C=O) groups excluding carboxylic acids is 2. The van der Waals surface area contributed by atoms with Crippen LogP contribution in [-0.2, 0) is 20.9 Å². The second-order valence-corrected chi connectivity index (χ2v) is 14.2. The number of carbonyl (C=O) groups is 2. The largest absolute Gasteiger partial charge is 0.467 e. The highest BCUT2D eigenvalue weighted by Crippen LogP contribution is 2.47. The van der Waals surface area contributed by atoms with Crippen molar-refractivity contribution in [2.45, 2.75) is 31.3 Å². The maximum Gasteiger partial charge on any atom is 0.415 e. The molecule has 0 aromatic heterocycles. The topological polar surface area (TPSA) is 55.8 Å². The lowest BCUT2D eigenvalue weighted by atomic mass is 10.1. The minimum Gasteiger partial charge on any atom is -0.467 e. The summed E-state index contributed by atoms with van der Waals surface area (Å²) in [6.45, 7) is 4.58. The Balaban J connectivity index is 1.78. The molecule has 0 saturated heterocycles. The van der Waals surface area contributed by atoms with Crippen molar-refractivity contribution in [2.75, 3.05) is 12.0 Å². The van der Waals surface area contributed by atoms with Crippen molar-refractivity contribution in [3.63, 3.8) is 0 Å². The molecule has 1 heterocycles. The summed E-state index contributed by atoms with van der Waals surface area (Å²) < 4.78 is 11.8. The highest BCUT2D eigenvalue weighted by Gasteiger charge is 2.54. The van der Waals surface area contributed by atoms with Gasteiger partial charge in [0.05, 0.1) is 20.9 Å². The van der Waals surface area contributed by atoms with Crippen molar-refractivity contribution < 1.29 is 19.1 Å². The zero-order valence-corrected chi connectivity index (χ0v) is 21.4. The first-order valence-electron chi connectivity index (χ1n) is 10.8. The number of hydrogen-bond donors (Lipinski definition) is 0. The van der Waals surface area contributed by atoms with Gasteiger partial charge in [-0.1, -0.05) is 94.9 Å². The SMILES string of the molecule is COC(=O)[C@H]1[C@H]([Si](C)(C)c2ccccc2)c2cc(Br)ccc2N1C(=O)OCc1ccccc1. The first kappa shape index (κ1) is 23.3. The molecule has 0 aliphatic carbocycles. The van der Waals surface area contributed by atoms with E-state index >= 15 is 0 Å². The van der Waals surface area contributed by atoms with Crippen LogP contribution in [0.3, 0.4) is 0 Å². The summed E-state index contributed by atoms with van der Waals surface area (Å²) in [6, 6.07) is 24.7. The van der Waals surface area contributed by atoms with Gasteiger partial charge in [0, 0.05) is 10.0 Å². The molecule has 7 heteroatoms. The zero-order valence-electron chi connectivity index (χ0n) is 18.8. The van der Waals surface area contributed by atoms with Crippen molar-refractivity contribution in [1.82, 2.24) is 0 Å². The third-order valence-electron chi connectivity index (χ3n) is 6.32.